The summed E-state index contributed by atoms with van der Waals surface area (Å²) in [4.78, 5) is 7.52. The van der Waals surface area contributed by atoms with Crippen molar-refractivity contribution in [1.82, 2.24) is 4.98 Å². The van der Waals surface area contributed by atoms with E-state index in [1.807, 2.05) is 54.3 Å². The summed E-state index contributed by atoms with van der Waals surface area (Å²) in [6.07, 6.45) is 0. The van der Waals surface area contributed by atoms with Gasteiger partial charge >= 0.3 is 0 Å². The van der Waals surface area contributed by atoms with E-state index in [-0.39, 0.29) is 25.5 Å². The summed E-state index contributed by atoms with van der Waals surface area (Å²) >= 11 is 0. The fourth-order valence-electron chi connectivity index (χ4n) is 4.02. The average Bonchev–Trinajstić information content (AvgIpc) is 2.94. The maximum absolute atomic E-state index is 10.7. The first kappa shape index (κ1) is 22.8. The molecule has 9 heteroatoms. The first-order chi connectivity index (χ1) is 15.3. The van der Waals surface area contributed by atoms with Crippen LogP contribution >= 0.6 is 10.6 Å². The van der Waals surface area contributed by atoms with Crippen molar-refractivity contribution in [3.63, 3.8) is 0 Å². The molecule has 172 valence electrons. The molecule has 0 saturated heterocycles. The Morgan fingerprint density at radius 2 is 1.88 bits per heavy atom. The van der Waals surface area contributed by atoms with Gasteiger partial charge in [0.25, 0.3) is 0 Å². The average molecular weight is 459 g/mol. The smallest absolute Gasteiger partial charge is 0.131 e. The van der Waals surface area contributed by atoms with Crippen LogP contribution in [0.4, 0.5) is 11.5 Å². The van der Waals surface area contributed by atoms with E-state index in [1.54, 1.807) is 6.07 Å². The summed E-state index contributed by atoms with van der Waals surface area (Å²) in [7, 11) is -2.89. The fourth-order valence-corrected chi connectivity index (χ4v) is 5.56. The lowest BCUT2D eigenvalue weighted by molar-refractivity contribution is 0.140. The second kappa shape index (κ2) is 8.86. The molecular formula is C23H30N4O4S. The van der Waals surface area contributed by atoms with Crippen LogP contribution in [-0.2, 0) is 6.54 Å². The highest BCUT2D eigenvalue weighted by Crippen LogP contribution is 2.51. The molecule has 1 aliphatic heterocycles. The number of aromatic nitrogens is 1. The lowest BCUT2D eigenvalue weighted by Crippen LogP contribution is -2.52. The Morgan fingerprint density at radius 3 is 2.59 bits per heavy atom. The first-order valence-electron chi connectivity index (χ1n) is 10.5. The molecule has 0 saturated carbocycles. The molecule has 0 amide bonds. The van der Waals surface area contributed by atoms with Crippen molar-refractivity contribution in [1.29, 1.82) is 0 Å². The highest BCUT2D eigenvalue weighted by atomic mass is 32.3. The molecule has 32 heavy (non-hydrogen) atoms. The zero-order valence-corrected chi connectivity index (χ0v) is 18.8. The lowest BCUT2D eigenvalue weighted by Gasteiger charge is -2.33. The number of nitrogens with zero attached hydrogens (tertiary/aromatic N) is 2. The fraction of sp³-hybridized carbons (Fsp3) is 0.348. The van der Waals surface area contributed by atoms with Gasteiger partial charge in [-0.25, -0.2) is 4.98 Å². The largest absolute Gasteiger partial charge is 0.394 e. The Kier molecular flexibility index (Phi) is 6.30. The number of hydrogen-bond acceptors (Lipinski definition) is 8. The first-order valence-corrected chi connectivity index (χ1v) is 12.2. The number of rotatable bonds is 6. The SMILES string of the molecule is Cc1cccc2c(NC(CN)(CO)CO)cc(N3CCS(O)(O)c4ccccc4C3)nc12. The number of aliphatic hydroxyl groups is 2. The lowest BCUT2D eigenvalue weighted by atomic mass is 10.0. The van der Waals surface area contributed by atoms with Crippen molar-refractivity contribution >= 4 is 33.0 Å². The number of fused-ring (bicyclic) bond motifs is 2. The van der Waals surface area contributed by atoms with Gasteiger partial charge in [-0.1, -0.05) is 36.4 Å². The van der Waals surface area contributed by atoms with Crippen molar-refractivity contribution in [3.05, 3.63) is 59.7 Å². The van der Waals surface area contributed by atoms with Crippen LogP contribution in [-0.4, -0.2) is 61.9 Å². The van der Waals surface area contributed by atoms with E-state index in [9.17, 15) is 19.3 Å². The molecule has 0 aliphatic carbocycles. The molecule has 1 aromatic heterocycles. The summed E-state index contributed by atoms with van der Waals surface area (Å²) in [5.41, 5.74) is 8.13. The van der Waals surface area contributed by atoms with Crippen LogP contribution in [0.15, 0.2) is 53.4 Å². The maximum atomic E-state index is 10.7. The Balaban J connectivity index is 1.82. The summed E-state index contributed by atoms with van der Waals surface area (Å²) < 4.78 is 21.4. The third-order valence-electron chi connectivity index (χ3n) is 6.08. The molecule has 0 fully saturated rings. The van der Waals surface area contributed by atoms with Crippen LogP contribution in [0.2, 0.25) is 0 Å². The van der Waals surface area contributed by atoms with Crippen LogP contribution in [0.1, 0.15) is 11.1 Å². The maximum Gasteiger partial charge on any atom is 0.131 e. The zero-order valence-electron chi connectivity index (χ0n) is 18.0. The minimum absolute atomic E-state index is 0.0446. The van der Waals surface area contributed by atoms with Gasteiger partial charge in [-0.15, -0.1) is 0 Å². The number of hydrogen-bond donors (Lipinski definition) is 6. The Morgan fingerprint density at radius 1 is 1.12 bits per heavy atom. The molecular weight excluding hydrogens is 428 g/mol. The summed E-state index contributed by atoms with van der Waals surface area (Å²) in [5, 5.41) is 23.9. The van der Waals surface area contributed by atoms with Gasteiger partial charge in [0, 0.05) is 36.8 Å². The minimum atomic E-state index is -2.89. The van der Waals surface area contributed by atoms with E-state index in [2.05, 4.69) is 5.32 Å². The van der Waals surface area contributed by atoms with E-state index in [0.29, 0.717) is 29.5 Å². The number of aryl methyl sites for hydroxylation is 1. The van der Waals surface area contributed by atoms with Gasteiger partial charge in [0.1, 0.15) is 5.82 Å². The minimum Gasteiger partial charge on any atom is -0.394 e. The molecule has 0 atom stereocenters. The topological polar surface area (TPSA) is 135 Å². The summed E-state index contributed by atoms with van der Waals surface area (Å²) in [6.45, 7) is 2.27. The second-order valence-electron chi connectivity index (χ2n) is 8.32. The van der Waals surface area contributed by atoms with Gasteiger partial charge in [-0.3, -0.25) is 9.11 Å². The molecule has 0 bridgehead atoms. The van der Waals surface area contributed by atoms with E-state index in [4.69, 9.17) is 10.7 Å². The van der Waals surface area contributed by atoms with Gasteiger partial charge in [-0.2, -0.15) is 10.6 Å². The molecule has 0 spiro atoms. The number of aliphatic hydroxyl groups excluding tert-OH is 2. The number of benzene rings is 2. The van der Waals surface area contributed by atoms with E-state index in [0.717, 1.165) is 22.0 Å². The second-order valence-corrected chi connectivity index (χ2v) is 10.5. The van der Waals surface area contributed by atoms with E-state index in [1.165, 1.54) is 0 Å². The molecule has 0 unspecified atom stereocenters. The molecule has 1 aliphatic rings. The van der Waals surface area contributed by atoms with Crippen LogP contribution in [0.5, 0.6) is 0 Å². The number of pyridine rings is 1. The van der Waals surface area contributed by atoms with Crippen molar-refractivity contribution in [2.45, 2.75) is 23.9 Å². The third kappa shape index (κ3) is 4.15. The molecule has 2 aromatic carbocycles. The zero-order chi connectivity index (χ0) is 22.9. The van der Waals surface area contributed by atoms with Crippen molar-refractivity contribution in [2.24, 2.45) is 5.73 Å². The van der Waals surface area contributed by atoms with Crippen molar-refractivity contribution in [3.8, 4) is 0 Å². The number of anilines is 2. The number of nitrogens with two attached hydrogens (primary N) is 1. The van der Waals surface area contributed by atoms with E-state index < -0.39 is 16.1 Å². The molecule has 3 aromatic rings. The van der Waals surface area contributed by atoms with Crippen molar-refractivity contribution < 1.29 is 19.3 Å². The summed E-state index contributed by atoms with van der Waals surface area (Å²) in [5.74, 6) is 0.878. The van der Waals surface area contributed by atoms with Crippen LogP contribution in [0.3, 0.4) is 0 Å². The van der Waals surface area contributed by atoms with Crippen LogP contribution < -0.4 is 16.0 Å². The molecule has 0 radical (unpaired) electrons. The van der Waals surface area contributed by atoms with Crippen LogP contribution in [0, 0.1) is 6.92 Å². The molecule has 8 nitrogen and oxygen atoms in total. The monoisotopic (exact) mass is 458 g/mol. The quantitative estimate of drug-likeness (QED) is 0.332. The Labute approximate surface area is 189 Å². The van der Waals surface area contributed by atoms with Gasteiger partial charge in [-0.05, 0) is 24.1 Å². The number of nitrogens with one attached hydrogen (secondary N) is 1. The van der Waals surface area contributed by atoms with Crippen LogP contribution in [0.25, 0.3) is 10.9 Å². The highest BCUT2D eigenvalue weighted by molar-refractivity contribution is 8.24. The van der Waals surface area contributed by atoms with Gasteiger partial charge < -0.3 is 26.2 Å². The molecule has 4 rings (SSSR count). The Bertz CT molecular complexity index is 1110. The summed E-state index contributed by atoms with van der Waals surface area (Å²) in [6, 6.07) is 15.1. The normalized spacial score (nSPS) is 17.0. The van der Waals surface area contributed by atoms with Gasteiger partial charge in [0.15, 0.2) is 0 Å². The predicted molar refractivity (Wildman–Crippen MR) is 130 cm³/mol. The molecule has 7 N–H and O–H groups in total. The molecule has 2 heterocycles. The van der Waals surface area contributed by atoms with E-state index >= 15 is 0 Å². The van der Waals surface area contributed by atoms with Crippen molar-refractivity contribution in [2.75, 3.05) is 42.3 Å². The third-order valence-corrected chi connectivity index (χ3v) is 7.93. The van der Waals surface area contributed by atoms with Gasteiger partial charge in [0.2, 0.25) is 0 Å². The Hall–Kier alpha value is -2.40. The highest BCUT2D eigenvalue weighted by Gasteiger charge is 2.30. The van der Waals surface area contributed by atoms with Gasteiger partial charge in [0.05, 0.1) is 34.9 Å². The predicted octanol–water partition coefficient (Wildman–Crippen LogP) is 2.77. The number of para-hydroxylation sites is 1. The standard InChI is InChI=1S/C23H30N4O4S/c1-16-5-4-7-18-19(26-23(13-24,14-28)15-29)11-21(25-22(16)18)27-9-10-32(30,31)20-8-3-2-6-17(20)12-27/h2-8,11,28-31H,9-10,12-15,24H2,1H3,(H,25,26).